The smallest absolute Gasteiger partial charge is 0.0959 e. The van der Waals surface area contributed by atoms with Gasteiger partial charge >= 0.3 is 0 Å². The van der Waals surface area contributed by atoms with Crippen molar-refractivity contribution in [1.29, 1.82) is 0 Å². The highest BCUT2D eigenvalue weighted by Gasteiger charge is 1.97. The Balaban J connectivity index is 3.16. The zero-order valence-corrected chi connectivity index (χ0v) is 17.6. The highest BCUT2D eigenvalue weighted by atomic mass is 19.1. The van der Waals surface area contributed by atoms with Crippen LogP contribution in [-0.2, 0) is 0 Å². The fourth-order valence-corrected chi connectivity index (χ4v) is 3.42. The van der Waals surface area contributed by atoms with Crippen molar-refractivity contribution in [1.82, 2.24) is 0 Å². The van der Waals surface area contributed by atoms with Crippen molar-refractivity contribution < 1.29 is 4.39 Å². The van der Waals surface area contributed by atoms with Gasteiger partial charge in [-0.05, 0) is 25.7 Å². The standard InChI is InChI=1S/C24H47F/c1-3-5-7-9-10-11-12-13-14-15-16-17-19-21-23-24(25)22-20-18-8-6-4-2/h22H,3-21,23H2,1-2H3. The van der Waals surface area contributed by atoms with E-state index < -0.39 is 0 Å². The van der Waals surface area contributed by atoms with Crippen LogP contribution in [0.15, 0.2) is 11.9 Å². The van der Waals surface area contributed by atoms with E-state index in [9.17, 15) is 4.39 Å². The molecule has 0 aromatic rings. The predicted octanol–water partition coefficient (Wildman–Crippen LogP) is 9.68. The lowest BCUT2D eigenvalue weighted by atomic mass is 10.0. The molecule has 0 atom stereocenters. The number of hydrogen-bond acceptors (Lipinski definition) is 0. The van der Waals surface area contributed by atoms with Gasteiger partial charge in [-0.25, -0.2) is 4.39 Å². The van der Waals surface area contributed by atoms with Gasteiger partial charge in [-0.15, -0.1) is 0 Å². The van der Waals surface area contributed by atoms with Crippen molar-refractivity contribution in [3.05, 3.63) is 11.9 Å². The summed E-state index contributed by atoms with van der Waals surface area (Å²) in [6.07, 6.45) is 27.4. The van der Waals surface area contributed by atoms with E-state index in [4.69, 9.17) is 0 Å². The van der Waals surface area contributed by atoms with E-state index in [1.54, 1.807) is 0 Å². The Kier molecular flexibility index (Phi) is 21.4. The first-order chi connectivity index (χ1) is 12.3. The van der Waals surface area contributed by atoms with Crippen LogP contribution in [0.5, 0.6) is 0 Å². The number of allylic oxidation sites excluding steroid dienone is 2. The summed E-state index contributed by atoms with van der Waals surface area (Å²) in [6.45, 7) is 4.49. The molecule has 0 aromatic heterocycles. The van der Waals surface area contributed by atoms with E-state index in [0.717, 1.165) is 19.3 Å². The molecule has 0 saturated heterocycles. The second-order valence-electron chi connectivity index (χ2n) is 7.85. The molecule has 0 aliphatic carbocycles. The molecular formula is C24H47F. The summed E-state index contributed by atoms with van der Waals surface area (Å²) in [6, 6.07) is 0. The molecule has 1 heteroatoms. The van der Waals surface area contributed by atoms with Crippen molar-refractivity contribution in [3.63, 3.8) is 0 Å². The maximum absolute atomic E-state index is 13.6. The van der Waals surface area contributed by atoms with Gasteiger partial charge in [0.15, 0.2) is 0 Å². The number of hydrogen-bond donors (Lipinski definition) is 0. The fraction of sp³-hybridized carbons (Fsp3) is 0.917. The fourth-order valence-electron chi connectivity index (χ4n) is 3.42. The van der Waals surface area contributed by atoms with Crippen molar-refractivity contribution in [3.8, 4) is 0 Å². The monoisotopic (exact) mass is 354 g/mol. The van der Waals surface area contributed by atoms with Gasteiger partial charge in [0, 0.05) is 0 Å². The Hall–Kier alpha value is -0.330. The quantitative estimate of drug-likeness (QED) is 0.191. The molecule has 0 heterocycles. The average Bonchev–Trinajstić information content (AvgIpc) is 2.62. The highest BCUT2D eigenvalue weighted by Crippen LogP contribution is 2.16. The highest BCUT2D eigenvalue weighted by molar-refractivity contribution is 4.91. The van der Waals surface area contributed by atoms with Crippen LogP contribution in [0.25, 0.3) is 0 Å². The summed E-state index contributed by atoms with van der Waals surface area (Å²) in [5, 5.41) is 0. The summed E-state index contributed by atoms with van der Waals surface area (Å²) < 4.78 is 13.6. The van der Waals surface area contributed by atoms with E-state index in [2.05, 4.69) is 13.8 Å². The Labute approximate surface area is 159 Å². The van der Waals surface area contributed by atoms with E-state index in [0.29, 0.717) is 6.42 Å². The van der Waals surface area contributed by atoms with Crippen molar-refractivity contribution >= 4 is 0 Å². The van der Waals surface area contributed by atoms with Gasteiger partial charge in [0.1, 0.15) is 0 Å². The summed E-state index contributed by atoms with van der Waals surface area (Å²) in [5.74, 6) is 0.135. The first-order valence-electron chi connectivity index (χ1n) is 11.7. The van der Waals surface area contributed by atoms with Gasteiger partial charge in [-0.3, -0.25) is 0 Å². The molecule has 0 aliphatic rings. The van der Waals surface area contributed by atoms with Gasteiger partial charge in [0.05, 0.1) is 5.83 Å². The first-order valence-corrected chi connectivity index (χ1v) is 11.7. The van der Waals surface area contributed by atoms with Crippen molar-refractivity contribution in [2.24, 2.45) is 0 Å². The largest absolute Gasteiger partial charge is 0.212 e. The molecule has 25 heavy (non-hydrogen) atoms. The molecule has 150 valence electrons. The second-order valence-corrected chi connectivity index (χ2v) is 7.85. The van der Waals surface area contributed by atoms with E-state index >= 15 is 0 Å². The van der Waals surface area contributed by atoms with E-state index in [-0.39, 0.29) is 5.83 Å². The molecule has 0 fully saturated rings. The van der Waals surface area contributed by atoms with Crippen LogP contribution < -0.4 is 0 Å². The van der Waals surface area contributed by atoms with Crippen molar-refractivity contribution in [2.75, 3.05) is 0 Å². The number of rotatable bonds is 20. The molecule has 0 unspecified atom stereocenters. The van der Waals surface area contributed by atoms with Gasteiger partial charge in [0.25, 0.3) is 0 Å². The van der Waals surface area contributed by atoms with Crippen LogP contribution >= 0.6 is 0 Å². The van der Waals surface area contributed by atoms with Crippen LogP contribution in [0.4, 0.5) is 4.39 Å². The summed E-state index contributed by atoms with van der Waals surface area (Å²) in [4.78, 5) is 0. The molecule has 0 N–H and O–H groups in total. The van der Waals surface area contributed by atoms with Gasteiger partial charge in [0.2, 0.25) is 0 Å². The summed E-state index contributed by atoms with van der Waals surface area (Å²) in [7, 11) is 0. The lowest BCUT2D eigenvalue weighted by Crippen LogP contribution is -1.84. The topological polar surface area (TPSA) is 0 Å². The van der Waals surface area contributed by atoms with Gasteiger partial charge in [-0.2, -0.15) is 0 Å². The zero-order valence-electron chi connectivity index (χ0n) is 17.6. The van der Waals surface area contributed by atoms with E-state index in [1.807, 2.05) is 6.08 Å². The maximum atomic E-state index is 13.6. The van der Waals surface area contributed by atoms with Crippen LogP contribution in [0.2, 0.25) is 0 Å². The third kappa shape index (κ3) is 21.6. The molecule has 0 rings (SSSR count). The minimum absolute atomic E-state index is 0.135. The van der Waals surface area contributed by atoms with Crippen LogP contribution in [0, 0.1) is 0 Å². The van der Waals surface area contributed by atoms with Gasteiger partial charge < -0.3 is 0 Å². The Morgan fingerprint density at radius 3 is 1.32 bits per heavy atom. The third-order valence-corrected chi connectivity index (χ3v) is 5.19. The van der Waals surface area contributed by atoms with Crippen LogP contribution in [0.3, 0.4) is 0 Å². The molecule has 0 spiro atoms. The maximum Gasteiger partial charge on any atom is 0.0959 e. The SMILES string of the molecule is CCCCCCC=C(F)CCCCCCCCCCCCCCCC. The average molecular weight is 355 g/mol. The zero-order chi connectivity index (χ0) is 18.4. The molecule has 0 radical (unpaired) electrons. The summed E-state index contributed by atoms with van der Waals surface area (Å²) in [5.41, 5.74) is 0. The van der Waals surface area contributed by atoms with Crippen molar-refractivity contribution in [2.45, 2.75) is 142 Å². The Morgan fingerprint density at radius 2 is 0.880 bits per heavy atom. The molecule has 0 amide bonds. The molecule has 0 saturated carbocycles. The first kappa shape index (κ1) is 24.7. The second kappa shape index (κ2) is 21.7. The van der Waals surface area contributed by atoms with Gasteiger partial charge in [-0.1, -0.05) is 123 Å². The number of unbranched alkanes of at least 4 members (excludes halogenated alkanes) is 17. The Bertz CT molecular complexity index is 269. The van der Waals surface area contributed by atoms with E-state index in [1.165, 1.54) is 103 Å². The summed E-state index contributed by atoms with van der Waals surface area (Å²) >= 11 is 0. The molecular weight excluding hydrogens is 307 g/mol. The molecule has 0 nitrogen and oxygen atoms in total. The minimum Gasteiger partial charge on any atom is -0.212 e. The molecule has 0 aromatic carbocycles. The third-order valence-electron chi connectivity index (χ3n) is 5.19. The molecule has 0 bridgehead atoms. The van der Waals surface area contributed by atoms with Crippen LogP contribution in [0.1, 0.15) is 142 Å². The lowest BCUT2D eigenvalue weighted by Gasteiger charge is -2.03. The minimum atomic E-state index is 0.135. The normalized spacial score (nSPS) is 12.0. The Morgan fingerprint density at radius 1 is 0.520 bits per heavy atom. The number of halogens is 1. The lowest BCUT2D eigenvalue weighted by molar-refractivity contribution is 0.519. The predicted molar refractivity (Wildman–Crippen MR) is 113 cm³/mol. The molecule has 0 aliphatic heterocycles. The van der Waals surface area contributed by atoms with Crippen LogP contribution in [-0.4, -0.2) is 0 Å².